The Morgan fingerprint density at radius 2 is 2.12 bits per heavy atom. The lowest BCUT2D eigenvalue weighted by Crippen LogP contribution is -2.33. The summed E-state index contributed by atoms with van der Waals surface area (Å²) in [4.78, 5) is 6.89. The van der Waals surface area contributed by atoms with Gasteiger partial charge in [0.15, 0.2) is 0 Å². The molecule has 0 spiro atoms. The molecule has 0 amide bonds. The number of hydrogen-bond acceptors (Lipinski definition) is 2. The van der Waals surface area contributed by atoms with Crippen molar-refractivity contribution >= 4 is 29.0 Å². The first kappa shape index (κ1) is 13.0. The van der Waals surface area contributed by atoms with Crippen LogP contribution in [0.4, 0.5) is 5.82 Å². The minimum Gasteiger partial charge on any atom is -0.354 e. The fourth-order valence-corrected chi connectivity index (χ4v) is 2.32. The van der Waals surface area contributed by atoms with E-state index >= 15 is 0 Å². The predicted molar refractivity (Wildman–Crippen MR) is 74.0 cm³/mol. The van der Waals surface area contributed by atoms with E-state index in [1.807, 2.05) is 12.1 Å². The molecule has 0 saturated heterocycles. The van der Waals surface area contributed by atoms with Crippen molar-refractivity contribution in [2.45, 2.75) is 38.6 Å². The molecule has 1 aromatic rings. The zero-order valence-corrected chi connectivity index (χ0v) is 11.8. The minimum absolute atomic E-state index is 0.363. The van der Waals surface area contributed by atoms with Crippen LogP contribution in [0.2, 0.25) is 5.02 Å². The highest BCUT2D eigenvalue weighted by Gasteiger charge is 2.26. The molecule has 17 heavy (non-hydrogen) atoms. The Kier molecular flexibility index (Phi) is 4.16. The molecular formula is C13H18Cl2N2. The molecule has 0 radical (unpaired) electrons. The van der Waals surface area contributed by atoms with Crippen LogP contribution in [-0.2, 0) is 5.88 Å². The van der Waals surface area contributed by atoms with Crippen LogP contribution in [0.3, 0.4) is 0 Å². The monoisotopic (exact) mass is 272 g/mol. The van der Waals surface area contributed by atoms with Gasteiger partial charge in [-0.2, -0.15) is 0 Å². The Hall–Kier alpha value is -0.470. The number of anilines is 1. The molecule has 0 aliphatic heterocycles. The van der Waals surface area contributed by atoms with Crippen molar-refractivity contribution in [2.75, 3.05) is 11.4 Å². The molecule has 1 aliphatic carbocycles. The van der Waals surface area contributed by atoms with Gasteiger partial charge in [-0.25, -0.2) is 4.98 Å². The smallest absolute Gasteiger partial charge is 0.129 e. The third-order valence-electron chi connectivity index (χ3n) is 3.10. The van der Waals surface area contributed by atoms with E-state index in [0.717, 1.165) is 24.0 Å². The zero-order chi connectivity index (χ0) is 12.4. The van der Waals surface area contributed by atoms with Crippen LogP contribution in [0.15, 0.2) is 12.1 Å². The largest absolute Gasteiger partial charge is 0.354 e. The van der Waals surface area contributed by atoms with Crippen LogP contribution in [0.1, 0.15) is 32.4 Å². The van der Waals surface area contributed by atoms with Gasteiger partial charge in [0.05, 0.1) is 16.6 Å². The van der Waals surface area contributed by atoms with Crippen LogP contribution in [0, 0.1) is 5.92 Å². The lowest BCUT2D eigenvalue weighted by atomic mass is 10.2. The molecule has 1 saturated carbocycles. The topological polar surface area (TPSA) is 16.1 Å². The van der Waals surface area contributed by atoms with Crippen molar-refractivity contribution in [2.24, 2.45) is 5.92 Å². The van der Waals surface area contributed by atoms with Crippen LogP contribution < -0.4 is 4.90 Å². The summed E-state index contributed by atoms with van der Waals surface area (Å²) < 4.78 is 0. The van der Waals surface area contributed by atoms with Crippen molar-refractivity contribution in [1.29, 1.82) is 0 Å². The standard InChI is InChI=1S/C13H18Cl2N2/c1-9(2)17(8-10-3-4-10)13-6-5-11(15)12(7-14)16-13/h5-6,9-10H,3-4,7-8H2,1-2H3. The number of nitrogens with zero attached hydrogens (tertiary/aromatic N) is 2. The van der Waals surface area contributed by atoms with Crippen LogP contribution in [0.5, 0.6) is 0 Å². The first-order valence-corrected chi connectivity index (χ1v) is 7.01. The second kappa shape index (κ2) is 5.45. The molecule has 4 heteroatoms. The fourth-order valence-electron chi connectivity index (χ4n) is 1.87. The Bertz CT molecular complexity index is 389. The summed E-state index contributed by atoms with van der Waals surface area (Å²) >= 11 is 11.9. The van der Waals surface area contributed by atoms with E-state index in [9.17, 15) is 0 Å². The highest BCUT2D eigenvalue weighted by molar-refractivity contribution is 6.32. The molecule has 94 valence electrons. The molecule has 0 N–H and O–H groups in total. The second-order valence-corrected chi connectivity index (χ2v) is 5.60. The van der Waals surface area contributed by atoms with Gasteiger partial charge in [0, 0.05) is 12.6 Å². The normalized spacial score (nSPS) is 15.4. The number of pyridine rings is 1. The van der Waals surface area contributed by atoms with Gasteiger partial charge >= 0.3 is 0 Å². The molecule has 1 fully saturated rings. The molecule has 1 aliphatic rings. The molecule has 0 bridgehead atoms. The first-order valence-electron chi connectivity index (χ1n) is 6.10. The highest BCUT2D eigenvalue weighted by Crippen LogP contribution is 2.32. The molecule has 0 atom stereocenters. The Morgan fingerprint density at radius 1 is 1.41 bits per heavy atom. The van der Waals surface area contributed by atoms with Gasteiger partial charge < -0.3 is 4.90 Å². The highest BCUT2D eigenvalue weighted by atomic mass is 35.5. The quantitative estimate of drug-likeness (QED) is 0.751. The summed E-state index contributed by atoms with van der Waals surface area (Å²) in [5.41, 5.74) is 0.771. The second-order valence-electron chi connectivity index (χ2n) is 4.92. The molecule has 1 aromatic heterocycles. The first-order chi connectivity index (χ1) is 8.11. The zero-order valence-electron chi connectivity index (χ0n) is 10.3. The number of hydrogen-bond donors (Lipinski definition) is 0. The summed E-state index contributed by atoms with van der Waals surface area (Å²) in [7, 11) is 0. The van der Waals surface area contributed by atoms with E-state index < -0.39 is 0 Å². The maximum Gasteiger partial charge on any atom is 0.129 e. The lowest BCUT2D eigenvalue weighted by molar-refractivity contribution is 0.636. The van der Waals surface area contributed by atoms with Gasteiger partial charge in [-0.3, -0.25) is 0 Å². The van der Waals surface area contributed by atoms with Crippen molar-refractivity contribution in [1.82, 2.24) is 4.98 Å². The van der Waals surface area contributed by atoms with Gasteiger partial charge in [0.2, 0.25) is 0 Å². The molecule has 0 unspecified atom stereocenters. The maximum atomic E-state index is 6.03. The summed E-state index contributed by atoms with van der Waals surface area (Å²) in [6.07, 6.45) is 2.69. The number of rotatable bonds is 5. The SMILES string of the molecule is CC(C)N(CC1CC1)c1ccc(Cl)c(CCl)n1. The van der Waals surface area contributed by atoms with E-state index in [4.69, 9.17) is 23.2 Å². The summed E-state index contributed by atoms with van der Waals surface area (Å²) in [6, 6.07) is 4.33. The lowest BCUT2D eigenvalue weighted by Gasteiger charge is -2.28. The maximum absolute atomic E-state index is 6.03. The molecular weight excluding hydrogens is 255 g/mol. The van der Waals surface area contributed by atoms with Crippen molar-refractivity contribution in [3.05, 3.63) is 22.8 Å². The van der Waals surface area contributed by atoms with Gasteiger partial charge in [0.25, 0.3) is 0 Å². The Balaban J connectivity index is 2.21. The van der Waals surface area contributed by atoms with Crippen molar-refractivity contribution in [3.63, 3.8) is 0 Å². The average Bonchev–Trinajstić information content (AvgIpc) is 3.10. The van der Waals surface area contributed by atoms with E-state index in [1.54, 1.807) is 0 Å². The van der Waals surface area contributed by atoms with Crippen molar-refractivity contribution < 1.29 is 0 Å². The minimum atomic E-state index is 0.363. The predicted octanol–water partition coefficient (Wildman–Crippen LogP) is 4.10. The summed E-state index contributed by atoms with van der Waals surface area (Å²) in [5, 5.41) is 0.652. The van der Waals surface area contributed by atoms with Crippen LogP contribution in [-0.4, -0.2) is 17.6 Å². The number of halogens is 2. The Morgan fingerprint density at radius 3 is 2.65 bits per heavy atom. The van der Waals surface area contributed by atoms with Crippen LogP contribution in [0.25, 0.3) is 0 Å². The third kappa shape index (κ3) is 3.26. The van der Waals surface area contributed by atoms with E-state index in [-0.39, 0.29) is 0 Å². The summed E-state index contributed by atoms with van der Waals surface area (Å²) in [6.45, 7) is 5.48. The van der Waals surface area contributed by atoms with E-state index in [1.165, 1.54) is 12.8 Å². The van der Waals surface area contributed by atoms with E-state index in [2.05, 4.69) is 23.7 Å². The molecule has 2 rings (SSSR count). The third-order valence-corrected chi connectivity index (χ3v) is 3.70. The van der Waals surface area contributed by atoms with Gasteiger partial charge in [0.1, 0.15) is 5.82 Å². The van der Waals surface area contributed by atoms with E-state index in [0.29, 0.717) is 16.9 Å². The van der Waals surface area contributed by atoms with Crippen molar-refractivity contribution in [3.8, 4) is 0 Å². The number of alkyl halides is 1. The van der Waals surface area contributed by atoms with Crippen LogP contribution >= 0.6 is 23.2 Å². The van der Waals surface area contributed by atoms with Gasteiger partial charge in [-0.1, -0.05) is 11.6 Å². The summed E-state index contributed by atoms with van der Waals surface area (Å²) in [5.74, 6) is 2.20. The van der Waals surface area contributed by atoms with Gasteiger partial charge in [-0.15, -0.1) is 11.6 Å². The van der Waals surface area contributed by atoms with Gasteiger partial charge in [-0.05, 0) is 44.7 Å². The number of aromatic nitrogens is 1. The Labute approximate surface area is 113 Å². The molecule has 2 nitrogen and oxygen atoms in total. The average molecular weight is 273 g/mol. The molecule has 0 aromatic carbocycles. The molecule has 1 heterocycles. The fraction of sp³-hybridized carbons (Fsp3) is 0.615.